The second-order valence-electron chi connectivity index (χ2n) is 5.06. The fourth-order valence-corrected chi connectivity index (χ4v) is 3.89. The first-order valence-corrected chi connectivity index (χ1v) is 9.29. The maximum absolute atomic E-state index is 12.3. The lowest BCUT2D eigenvalue weighted by Gasteiger charge is -2.07. The smallest absolute Gasteiger partial charge is 0.271 e. The van der Waals surface area contributed by atoms with Crippen LogP contribution in [0.3, 0.4) is 0 Å². The summed E-state index contributed by atoms with van der Waals surface area (Å²) in [5, 5.41) is 2.39. The Morgan fingerprint density at radius 2 is 2.04 bits per heavy atom. The molecule has 0 atom stereocenters. The van der Waals surface area contributed by atoms with Crippen LogP contribution in [-0.4, -0.2) is 27.7 Å². The quantitative estimate of drug-likeness (QED) is 0.383. The molecule has 3 aromatic rings. The highest BCUT2D eigenvalue weighted by molar-refractivity contribution is 7.99. The molecule has 2 heterocycles. The van der Waals surface area contributed by atoms with E-state index in [0.717, 1.165) is 5.75 Å². The number of carbonyl (C=O) groups excluding carboxylic acids is 1. The average molecular weight is 360 g/mol. The van der Waals surface area contributed by atoms with Gasteiger partial charge in [-0.3, -0.25) is 14.2 Å². The first-order valence-electron chi connectivity index (χ1n) is 7.43. The fraction of sp³-hybridized carbons (Fsp3) is 0.235. The molecule has 0 amide bonds. The van der Waals surface area contributed by atoms with Crippen molar-refractivity contribution in [3.05, 3.63) is 51.6 Å². The van der Waals surface area contributed by atoms with Crippen LogP contribution >= 0.6 is 23.1 Å². The van der Waals surface area contributed by atoms with E-state index in [1.165, 1.54) is 27.7 Å². The Kier molecular flexibility index (Phi) is 5.01. The van der Waals surface area contributed by atoms with E-state index in [9.17, 15) is 9.59 Å². The van der Waals surface area contributed by atoms with Gasteiger partial charge in [0, 0.05) is 12.6 Å². The molecule has 0 saturated heterocycles. The van der Waals surface area contributed by atoms with Crippen LogP contribution in [-0.2, 0) is 7.05 Å². The lowest BCUT2D eigenvalue weighted by Crippen LogP contribution is -2.19. The van der Waals surface area contributed by atoms with Crippen molar-refractivity contribution < 1.29 is 9.53 Å². The first-order chi connectivity index (χ1) is 11.6. The summed E-state index contributed by atoms with van der Waals surface area (Å²) in [5.41, 5.74) is 1.22. The second kappa shape index (κ2) is 7.19. The molecule has 0 fully saturated rings. The fourth-order valence-electron chi connectivity index (χ4n) is 2.21. The molecule has 5 nitrogen and oxygen atoms in total. The van der Waals surface area contributed by atoms with E-state index in [2.05, 4.69) is 4.98 Å². The molecule has 1 aromatic carbocycles. The van der Waals surface area contributed by atoms with Crippen molar-refractivity contribution in [1.82, 2.24) is 9.55 Å². The predicted molar refractivity (Wildman–Crippen MR) is 97.5 cm³/mol. The molecule has 0 radical (unpaired) electrons. The summed E-state index contributed by atoms with van der Waals surface area (Å²) >= 11 is 2.65. The van der Waals surface area contributed by atoms with Crippen molar-refractivity contribution >= 4 is 39.1 Å². The number of fused-ring (bicyclic) bond motifs is 1. The van der Waals surface area contributed by atoms with Crippen LogP contribution in [0.1, 0.15) is 17.3 Å². The van der Waals surface area contributed by atoms with Crippen molar-refractivity contribution in [2.24, 2.45) is 7.05 Å². The van der Waals surface area contributed by atoms with E-state index in [0.29, 0.717) is 27.5 Å². The Hall–Kier alpha value is -2.12. The number of thioether (sulfide) groups is 1. The minimum atomic E-state index is -0.0778. The summed E-state index contributed by atoms with van der Waals surface area (Å²) in [5.74, 6) is 0.959. The number of rotatable bonds is 6. The van der Waals surface area contributed by atoms with Crippen molar-refractivity contribution in [3.8, 4) is 5.75 Å². The molecule has 7 heteroatoms. The van der Waals surface area contributed by atoms with E-state index in [-0.39, 0.29) is 17.1 Å². The van der Waals surface area contributed by atoms with Gasteiger partial charge in [0.2, 0.25) is 0 Å². The van der Waals surface area contributed by atoms with Gasteiger partial charge >= 0.3 is 0 Å². The number of ketones is 1. The van der Waals surface area contributed by atoms with Crippen molar-refractivity contribution in [1.29, 1.82) is 0 Å². The van der Waals surface area contributed by atoms with Crippen LogP contribution in [0, 0.1) is 0 Å². The van der Waals surface area contributed by atoms with Crippen LogP contribution in [0.25, 0.3) is 10.2 Å². The molecule has 0 N–H and O–H groups in total. The highest BCUT2D eigenvalue weighted by atomic mass is 32.2. The predicted octanol–water partition coefficient (Wildman–Crippen LogP) is 3.37. The molecule has 0 aliphatic rings. The molecule has 0 bridgehead atoms. The summed E-state index contributed by atoms with van der Waals surface area (Å²) in [6.07, 6.45) is 0. The van der Waals surface area contributed by atoms with Gasteiger partial charge in [-0.2, -0.15) is 0 Å². The van der Waals surface area contributed by atoms with Crippen LogP contribution < -0.4 is 10.3 Å². The number of ether oxygens (including phenoxy) is 1. The number of hydrogen-bond acceptors (Lipinski definition) is 6. The van der Waals surface area contributed by atoms with Crippen LogP contribution in [0.2, 0.25) is 0 Å². The van der Waals surface area contributed by atoms with Gasteiger partial charge in [0.05, 0.1) is 17.9 Å². The summed E-state index contributed by atoms with van der Waals surface area (Å²) < 4.78 is 7.50. The second-order valence-corrected chi connectivity index (χ2v) is 6.92. The number of Topliss-reactive ketones (excluding diaryl/α,β-unsaturated/α-hetero) is 1. The number of hydrogen-bond donors (Lipinski definition) is 0. The molecule has 0 spiro atoms. The summed E-state index contributed by atoms with van der Waals surface area (Å²) in [6, 6.07) is 8.89. The van der Waals surface area contributed by atoms with E-state index in [1.807, 2.05) is 18.4 Å². The minimum absolute atomic E-state index is 0.0114. The number of thiophene rings is 1. The first kappa shape index (κ1) is 16.7. The summed E-state index contributed by atoms with van der Waals surface area (Å²) in [6.45, 7) is 2.51. The largest absolute Gasteiger partial charge is 0.494 e. The van der Waals surface area contributed by atoms with E-state index >= 15 is 0 Å². The number of benzene rings is 1. The van der Waals surface area contributed by atoms with Crippen LogP contribution in [0.15, 0.2) is 45.7 Å². The van der Waals surface area contributed by atoms with Gasteiger partial charge in [-0.1, -0.05) is 11.8 Å². The highest BCUT2D eigenvalue weighted by Gasteiger charge is 2.13. The van der Waals surface area contributed by atoms with Gasteiger partial charge in [0.15, 0.2) is 10.9 Å². The summed E-state index contributed by atoms with van der Waals surface area (Å²) in [7, 11) is 1.68. The van der Waals surface area contributed by atoms with Crippen molar-refractivity contribution in [3.63, 3.8) is 0 Å². The van der Waals surface area contributed by atoms with Gasteiger partial charge in [-0.25, -0.2) is 4.98 Å². The molecule has 0 saturated carbocycles. The van der Waals surface area contributed by atoms with Crippen molar-refractivity contribution in [2.75, 3.05) is 12.4 Å². The molecule has 0 aliphatic carbocycles. The normalized spacial score (nSPS) is 10.9. The van der Waals surface area contributed by atoms with E-state index in [1.54, 1.807) is 31.3 Å². The van der Waals surface area contributed by atoms with E-state index < -0.39 is 0 Å². The number of carbonyl (C=O) groups is 1. The van der Waals surface area contributed by atoms with Gasteiger partial charge < -0.3 is 4.74 Å². The third kappa shape index (κ3) is 3.37. The highest BCUT2D eigenvalue weighted by Crippen LogP contribution is 2.21. The molecular formula is C17H16N2O3S2. The van der Waals surface area contributed by atoms with Crippen molar-refractivity contribution in [2.45, 2.75) is 12.1 Å². The summed E-state index contributed by atoms with van der Waals surface area (Å²) in [4.78, 5) is 29.0. The molecule has 24 heavy (non-hydrogen) atoms. The van der Waals surface area contributed by atoms with E-state index in [4.69, 9.17) is 4.74 Å². The maximum atomic E-state index is 12.3. The van der Waals surface area contributed by atoms with Gasteiger partial charge in [-0.05, 0) is 42.6 Å². The Balaban J connectivity index is 1.74. The molecule has 0 unspecified atom stereocenters. The monoisotopic (exact) mass is 360 g/mol. The zero-order chi connectivity index (χ0) is 17.1. The standard InChI is InChI=1S/C17H16N2O3S2/c1-3-22-12-6-4-11(5-7-12)14(20)10-24-17-18-13-8-9-23-15(13)16(21)19(17)2/h4-9H,3,10H2,1-2H3. The average Bonchev–Trinajstić information content (AvgIpc) is 3.06. The lowest BCUT2D eigenvalue weighted by atomic mass is 10.1. The third-order valence-electron chi connectivity index (χ3n) is 3.47. The molecular weight excluding hydrogens is 344 g/mol. The topological polar surface area (TPSA) is 61.2 Å². The van der Waals surface area contributed by atoms with Gasteiger partial charge in [0.1, 0.15) is 10.4 Å². The number of aromatic nitrogens is 2. The lowest BCUT2D eigenvalue weighted by molar-refractivity contribution is 0.102. The Morgan fingerprint density at radius 1 is 1.29 bits per heavy atom. The molecule has 2 aromatic heterocycles. The molecule has 3 rings (SSSR count). The Labute approximate surface area is 147 Å². The van der Waals surface area contributed by atoms with Gasteiger partial charge in [-0.15, -0.1) is 11.3 Å². The number of nitrogens with zero attached hydrogens (tertiary/aromatic N) is 2. The Bertz CT molecular complexity index is 929. The van der Waals surface area contributed by atoms with Crippen LogP contribution in [0.5, 0.6) is 5.75 Å². The zero-order valence-electron chi connectivity index (χ0n) is 13.3. The Morgan fingerprint density at radius 3 is 2.75 bits per heavy atom. The zero-order valence-corrected chi connectivity index (χ0v) is 14.9. The maximum Gasteiger partial charge on any atom is 0.271 e. The van der Waals surface area contributed by atoms with Crippen LogP contribution in [0.4, 0.5) is 0 Å². The molecule has 0 aliphatic heterocycles. The molecule has 124 valence electrons. The SMILES string of the molecule is CCOc1ccc(C(=O)CSc2nc3ccsc3c(=O)n2C)cc1. The minimum Gasteiger partial charge on any atom is -0.494 e. The van der Waals surface area contributed by atoms with Gasteiger partial charge in [0.25, 0.3) is 5.56 Å². The third-order valence-corrected chi connectivity index (χ3v) is 5.39.